The number of halogens is 1. The molecule has 3 aromatic rings. The van der Waals surface area contributed by atoms with Crippen molar-refractivity contribution in [2.45, 2.75) is 0 Å². The van der Waals surface area contributed by atoms with Crippen molar-refractivity contribution in [2.75, 3.05) is 10.6 Å². The molecule has 2 amide bonds. The van der Waals surface area contributed by atoms with Gasteiger partial charge in [-0.2, -0.15) is 0 Å². The Hall–Kier alpha value is -3.12. The third-order valence-electron chi connectivity index (χ3n) is 3.29. The highest BCUT2D eigenvalue weighted by molar-refractivity contribution is 6.44. The Morgan fingerprint density at radius 1 is 0.958 bits per heavy atom. The van der Waals surface area contributed by atoms with Crippen LogP contribution in [0.1, 0.15) is 0 Å². The quantitative estimate of drug-likeness (QED) is 0.493. The number of phenols is 1. The summed E-state index contributed by atoms with van der Waals surface area (Å²) in [6.45, 7) is 0. The number of aromatic hydroxyl groups is 1. The predicted octanol–water partition coefficient (Wildman–Crippen LogP) is 3.17. The van der Waals surface area contributed by atoms with Crippen LogP contribution in [-0.4, -0.2) is 21.9 Å². The summed E-state index contributed by atoms with van der Waals surface area (Å²) in [4.78, 5) is 28.3. The first kappa shape index (κ1) is 15.8. The van der Waals surface area contributed by atoms with Gasteiger partial charge in [-0.1, -0.05) is 29.8 Å². The highest BCUT2D eigenvalue weighted by Gasteiger charge is 2.17. The minimum Gasteiger partial charge on any atom is -0.506 e. The maximum Gasteiger partial charge on any atom is 0.314 e. The Labute approximate surface area is 142 Å². The van der Waals surface area contributed by atoms with Crippen LogP contribution in [0.4, 0.5) is 11.4 Å². The molecule has 0 aliphatic rings. The molecule has 1 aromatic heterocycles. The third kappa shape index (κ3) is 3.28. The first-order chi connectivity index (χ1) is 11.5. The zero-order chi connectivity index (χ0) is 17.1. The Kier molecular flexibility index (Phi) is 4.31. The van der Waals surface area contributed by atoms with E-state index < -0.39 is 11.8 Å². The SMILES string of the molecule is O=C(Nc1cc(Cl)ccc1O)C(=O)Nc1cccc2cccnc12. The van der Waals surface area contributed by atoms with E-state index in [4.69, 9.17) is 11.6 Å². The highest BCUT2D eigenvalue weighted by Crippen LogP contribution is 2.26. The first-order valence-electron chi connectivity index (χ1n) is 6.99. The molecule has 7 heteroatoms. The lowest BCUT2D eigenvalue weighted by Crippen LogP contribution is -2.29. The Bertz CT molecular complexity index is 938. The molecule has 0 atom stereocenters. The van der Waals surface area contributed by atoms with Gasteiger partial charge < -0.3 is 15.7 Å². The number of para-hydroxylation sites is 1. The Morgan fingerprint density at radius 2 is 1.67 bits per heavy atom. The van der Waals surface area contributed by atoms with Crippen molar-refractivity contribution in [3.63, 3.8) is 0 Å². The zero-order valence-corrected chi connectivity index (χ0v) is 13.0. The fourth-order valence-corrected chi connectivity index (χ4v) is 2.34. The van der Waals surface area contributed by atoms with Crippen LogP contribution in [-0.2, 0) is 9.59 Å². The first-order valence-corrected chi connectivity index (χ1v) is 7.37. The van der Waals surface area contributed by atoms with Gasteiger partial charge in [0.05, 0.1) is 16.9 Å². The van der Waals surface area contributed by atoms with Crippen LogP contribution in [0, 0.1) is 0 Å². The molecule has 0 saturated carbocycles. The van der Waals surface area contributed by atoms with Crippen LogP contribution in [0.15, 0.2) is 54.7 Å². The van der Waals surface area contributed by atoms with Gasteiger partial charge in [0.2, 0.25) is 0 Å². The van der Waals surface area contributed by atoms with E-state index in [0.29, 0.717) is 16.2 Å². The molecule has 0 bridgehead atoms. The molecule has 0 spiro atoms. The molecule has 6 nitrogen and oxygen atoms in total. The fourth-order valence-electron chi connectivity index (χ4n) is 2.17. The average molecular weight is 342 g/mol. The average Bonchev–Trinajstić information content (AvgIpc) is 2.58. The van der Waals surface area contributed by atoms with Gasteiger partial charge in [0.25, 0.3) is 0 Å². The number of hydrogen-bond donors (Lipinski definition) is 3. The number of anilines is 2. The number of pyridine rings is 1. The molecule has 0 unspecified atom stereocenters. The minimum atomic E-state index is -0.930. The number of nitrogens with one attached hydrogen (secondary N) is 2. The van der Waals surface area contributed by atoms with Crippen LogP contribution in [0.2, 0.25) is 5.02 Å². The van der Waals surface area contributed by atoms with Gasteiger partial charge in [-0.3, -0.25) is 14.6 Å². The molecule has 2 aromatic carbocycles. The molecule has 3 N–H and O–H groups in total. The number of carbonyl (C=O) groups excluding carboxylic acids is 2. The second-order valence-corrected chi connectivity index (χ2v) is 5.39. The van der Waals surface area contributed by atoms with E-state index in [9.17, 15) is 14.7 Å². The van der Waals surface area contributed by atoms with Gasteiger partial charge >= 0.3 is 11.8 Å². The summed E-state index contributed by atoms with van der Waals surface area (Å²) in [5.41, 5.74) is 1.05. The van der Waals surface area contributed by atoms with E-state index in [1.807, 2.05) is 12.1 Å². The second-order valence-electron chi connectivity index (χ2n) is 4.95. The van der Waals surface area contributed by atoms with Gasteiger partial charge in [-0.15, -0.1) is 0 Å². The van der Waals surface area contributed by atoms with Crippen LogP contribution >= 0.6 is 11.6 Å². The molecule has 0 saturated heterocycles. The Morgan fingerprint density at radius 3 is 2.46 bits per heavy atom. The van der Waals surface area contributed by atoms with Crippen molar-refractivity contribution in [3.8, 4) is 5.75 Å². The molecule has 0 fully saturated rings. The Balaban J connectivity index is 1.79. The van der Waals surface area contributed by atoms with E-state index in [0.717, 1.165) is 5.39 Å². The number of amides is 2. The number of carbonyl (C=O) groups is 2. The second kappa shape index (κ2) is 6.55. The molecular formula is C17H12ClN3O3. The van der Waals surface area contributed by atoms with E-state index >= 15 is 0 Å². The maximum atomic E-state index is 12.1. The lowest BCUT2D eigenvalue weighted by Gasteiger charge is -2.09. The van der Waals surface area contributed by atoms with Crippen molar-refractivity contribution in [1.82, 2.24) is 4.98 Å². The van der Waals surface area contributed by atoms with Gasteiger partial charge in [-0.05, 0) is 30.3 Å². The topological polar surface area (TPSA) is 91.3 Å². The minimum absolute atomic E-state index is 0.0543. The van der Waals surface area contributed by atoms with E-state index in [2.05, 4.69) is 15.6 Å². The van der Waals surface area contributed by atoms with Crippen LogP contribution in [0.25, 0.3) is 10.9 Å². The molecule has 120 valence electrons. The molecule has 0 aliphatic carbocycles. The normalized spacial score (nSPS) is 10.4. The van der Waals surface area contributed by atoms with Crippen molar-refractivity contribution in [1.29, 1.82) is 0 Å². The van der Waals surface area contributed by atoms with Crippen molar-refractivity contribution >= 4 is 45.7 Å². The number of aromatic nitrogens is 1. The molecule has 0 aliphatic heterocycles. The smallest absolute Gasteiger partial charge is 0.314 e. The number of hydrogen-bond acceptors (Lipinski definition) is 4. The predicted molar refractivity (Wildman–Crippen MR) is 92.1 cm³/mol. The summed E-state index contributed by atoms with van der Waals surface area (Å²) in [5, 5.41) is 15.7. The summed E-state index contributed by atoms with van der Waals surface area (Å²) < 4.78 is 0. The largest absolute Gasteiger partial charge is 0.506 e. The summed E-state index contributed by atoms with van der Waals surface area (Å²) in [6, 6.07) is 13.0. The number of nitrogens with zero attached hydrogens (tertiary/aromatic N) is 1. The lowest BCUT2D eigenvalue weighted by molar-refractivity contribution is -0.132. The van der Waals surface area contributed by atoms with Gasteiger partial charge in [-0.25, -0.2) is 0 Å². The molecule has 1 heterocycles. The van der Waals surface area contributed by atoms with Crippen LogP contribution in [0.3, 0.4) is 0 Å². The van der Waals surface area contributed by atoms with Crippen LogP contribution in [0.5, 0.6) is 5.75 Å². The standard InChI is InChI=1S/C17H12ClN3O3/c18-11-6-7-14(22)13(9-11)21-17(24)16(23)20-12-5-1-3-10-4-2-8-19-15(10)12/h1-9,22H,(H,20,23)(H,21,24). The van der Waals surface area contributed by atoms with Crippen molar-refractivity contribution in [3.05, 3.63) is 59.8 Å². The van der Waals surface area contributed by atoms with Crippen LogP contribution < -0.4 is 10.6 Å². The summed E-state index contributed by atoms with van der Waals surface area (Å²) >= 11 is 5.80. The van der Waals surface area contributed by atoms with Crippen molar-refractivity contribution < 1.29 is 14.7 Å². The maximum absolute atomic E-state index is 12.1. The number of fused-ring (bicyclic) bond motifs is 1. The van der Waals surface area contributed by atoms with E-state index in [1.165, 1.54) is 18.2 Å². The lowest BCUT2D eigenvalue weighted by atomic mass is 10.2. The number of benzene rings is 2. The van der Waals surface area contributed by atoms with Gasteiger partial charge in [0, 0.05) is 16.6 Å². The van der Waals surface area contributed by atoms with Crippen molar-refractivity contribution in [2.24, 2.45) is 0 Å². The number of rotatable bonds is 2. The summed E-state index contributed by atoms with van der Waals surface area (Å²) in [6.07, 6.45) is 1.60. The molecule has 0 radical (unpaired) electrons. The van der Waals surface area contributed by atoms with E-state index in [-0.39, 0.29) is 11.4 Å². The highest BCUT2D eigenvalue weighted by atomic mass is 35.5. The third-order valence-corrected chi connectivity index (χ3v) is 3.53. The molecular weight excluding hydrogens is 330 g/mol. The molecule has 24 heavy (non-hydrogen) atoms. The monoisotopic (exact) mass is 341 g/mol. The summed E-state index contributed by atoms with van der Waals surface area (Å²) in [7, 11) is 0. The zero-order valence-electron chi connectivity index (χ0n) is 12.3. The van der Waals surface area contributed by atoms with Gasteiger partial charge in [0.1, 0.15) is 5.75 Å². The fraction of sp³-hybridized carbons (Fsp3) is 0. The summed E-state index contributed by atoms with van der Waals surface area (Å²) in [5.74, 6) is -2.00. The number of phenolic OH excluding ortho intramolecular Hbond substituents is 1. The van der Waals surface area contributed by atoms with Gasteiger partial charge in [0.15, 0.2) is 0 Å². The molecule has 3 rings (SSSR count). The van der Waals surface area contributed by atoms with E-state index in [1.54, 1.807) is 24.4 Å².